The maximum Gasteiger partial charge on any atom is 0.152 e. The van der Waals surface area contributed by atoms with E-state index < -0.39 is 5.82 Å². The highest BCUT2D eigenvalue weighted by Gasteiger charge is 2.10. The largest absolute Gasteiger partial charge is 0.339 e. The first kappa shape index (κ1) is 15.2. The summed E-state index contributed by atoms with van der Waals surface area (Å²) < 4.78 is 14.1. The molecule has 1 heterocycles. The minimum Gasteiger partial charge on any atom is -0.339 e. The Hall–Kier alpha value is -1.20. The van der Waals surface area contributed by atoms with Gasteiger partial charge in [-0.2, -0.15) is 0 Å². The fraction of sp³-hybridized carbons (Fsp3) is 0.286. The predicted octanol–water partition coefficient (Wildman–Crippen LogP) is 4.97. The lowest BCUT2D eigenvalue weighted by Crippen LogP contribution is -2.05. The molecule has 0 radical (unpaired) electrons. The van der Waals surface area contributed by atoms with Gasteiger partial charge < -0.3 is 5.32 Å². The minimum atomic E-state index is -0.466. The van der Waals surface area contributed by atoms with E-state index in [1.54, 1.807) is 12.3 Å². The maximum atomic E-state index is 13.4. The molecule has 0 fully saturated rings. The second-order valence-corrected chi connectivity index (χ2v) is 6.06. The van der Waals surface area contributed by atoms with Crippen molar-refractivity contribution in [1.29, 1.82) is 0 Å². The van der Waals surface area contributed by atoms with E-state index in [0.717, 1.165) is 12.1 Å². The zero-order chi connectivity index (χ0) is 14.7. The maximum absolute atomic E-state index is 13.4. The lowest BCUT2D eigenvalue weighted by atomic mass is 10.1. The molecule has 0 unspecified atom stereocenters. The van der Waals surface area contributed by atoms with Gasteiger partial charge in [0.1, 0.15) is 10.4 Å². The van der Waals surface area contributed by atoms with Gasteiger partial charge in [-0.3, -0.25) is 0 Å². The SMILES string of the molecule is CC(C)Cc1nc(Br)cnc1Nc1ccc(Cl)c(F)c1. The Bertz CT molecular complexity index is 619. The number of halogens is 3. The van der Waals surface area contributed by atoms with E-state index in [1.807, 2.05) is 0 Å². The second kappa shape index (κ2) is 6.50. The number of nitrogens with one attached hydrogen (secondary N) is 1. The van der Waals surface area contributed by atoms with E-state index in [9.17, 15) is 4.39 Å². The molecule has 6 heteroatoms. The molecular formula is C14H14BrClFN3. The summed E-state index contributed by atoms with van der Waals surface area (Å²) in [5.74, 6) is 0.608. The van der Waals surface area contributed by atoms with E-state index in [1.165, 1.54) is 12.1 Å². The monoisotopic (exact) mass is 357 g/mol. The first-order valence-electron chi connectivity index (χ1n) is 6.19. The fourth-order valence-corrected chi connectivity index (χ4v) is 2.18. The summed E-state index contributed by atoms with van der Waals surface area (Å²) in [5.41, 5.74) is 1.43. The van der Waals surface area contributed by atoms with Gasteiger partial charge in [-0.1, -0.05) is 25.4 Å². The highest BCUT2D eigenvalue weighted by molar-refractivity contribution is 9.10. The number of hydrogen-bond donors (Lipinski definition) is 1. The molecule has 1 N–H and O–H groups in total. The van der Waals surface area contributed by atoms with Crippen molar-refractivity contribution in [1.82, 2.24) is 9.97 Å². The average molecular weight is 359 g/mol. The fourth-order valence-electron chi connectivity index (χ4n) is 1.75. The summed E-state index contributed by atoms with van der Waals surface area (Å²) in [6, 6.07) is 4.55. The van der Waals surface area contributed by atoms with Crippen molar-refractivity contribution in [2.75, 3.05) is 5.32 Å². The van der Waals surface area contributed by atoms with E-state index in [4.69, 9.17) is 11.6 Å². The Morgan fingerprint density at radius 2 is 2.15 bits per heavy atom. The van der Waals surface area contributed by atoms with Crippen LogP contribution in [0, 0.1) is 11.7 Å². The molecule has 20 heavy (non-hydrogen) atoms. The molecule has 1 aromatic carbocycles. The topological polar surface area (TPSA) is 37.8 Å². The molecule has 0 aliphatic heterocycles. The van der Waals surface area contributed by atoms with Crippen molar-refractivity contribution < 1.29 is 4.39 Å². The van der Waals surface area contributed by atoms with Crippen LogP contribution in [-0.2, 0) is 6.42 Å². The first-order chi connectivity index (χ1) is 9.45. The van der Waals surface area contributed by atoms with Crippen LogP contribution in [0.2, 0.25) is 5.02 Å². The first-order valence-corrected chi connectivity index (χ1v) is 7.36. The molecule has 0 bridgehead atoms. The molecule has 106 valence electrons. The Kier molecular flexibility index (Phi) is 4.94. The van der Waals surface area contributed by atoms with Gasteiger partial charge in [0, 0.05) is 5.69 Å². The number of aromatic nitrogens is 2. The number of benzene rings is 1. The zero-order valence-corrected chi connectivity index (χ0v) is 13.5. The minimum absolute atomic E-state index is 0.0971. The predicted molar refractivity (Wildman–Crippen MR) is 83.0 cm³/mol. The van der Waals surface area contributed by atoms with Crippen molar-refractivity contribution in [2.45, 2.75) is 20.3 Å². The van der Waals surface area contributed by atoms with Gasteiger partial charge in [-0.15, -0.1) is 0 Å². The van der Waals surface area contributed by atoms with E-state index in [2.05, 4.69) is 45.1 Å². The van der Waals surface area contributed by atoms with E-state index in [-0.39, 0.29) is 5.02 Å². The normalized spacial score (nSPS) is 10.9. The third-order valence-corrected chi connectivity index (χ3v) is 3.29. The van der Waals surface area contributed by atoms with Crippen LogP contribution in [0.4, 0.5) is 15.9 Å². The Labute approximate surface area is 130 Å². The van der Waals surface area contributed by atoms with Crippen LogP contribution >= 0.6 is 27.5 Å². The molecule has 0 saturated heterocycles. The lowest BCUT2D eigenvalue weighted by Gasteiger charge is -2.12. The quantitative estimate of drug-likeness (QED) is 0.838. The second-order valence-electron chi connectivity index (χ2n) is 4.84. The van der Waals surface area contributed by atoms with Gasteiger partial charge in [0.25, 0.3) is 0 Å². The lowest BCUT2D eigenvalue weighted by molar-refractivity contribution is 0.628. The summed E-state index contributed by atoms with van der Waals surface area (Å²) >= 11 is 8.98. The molecule has 2 aromatic rings. The molecule has 2 rings (SSSR count). The summed E-state index contributed by atoms with van der Waals surface area (Å²) in [4.78, 5) is 8.72. The highest BCUT2D eigenvalue weighted by Crippen LogP contribution is 2.24. The molecular weight excluding hydrogens is 345 g/mol. The van der Waals surface area contributed by atoms with Crippen LogP contribution in [0.25, 0.3) is 0 Å². The van der Waals surface area contributed by atoms with Crippen molar-refractivity contribution >= 4 is 39.0 Å². The Balaban J connectivity index is 2.30. The summed E-state index contributed by atoms with van der Waals surface area (Å²) in [5, 5.41) is 3.18. The molecule has 0 saturated carbocycles. The van der Waals surface area contributed by atoms with E-state index >= 15 is 0 Å². The van der Waals surface area contributed by atoms with Gasteiger partial charge in [0.2, 0.25) is 0 Å². The summed E-state index contributed by atoms with van der Waals surface area (Å²) in [7, 11) is 0. The number of anilines is 2. The molecule has 0 amide bonds. The third-order valence-electron chi connectivity index (χ3n) is 2.60. The van der Waals surface area contributed by atoms with Gasteiger partial charge in [0.15, 0.2) is 5.82 Å². The van der Waals surface area contributed by atoms with Crippen molar-refractivity contribution in [3.63, 3.8) is 0 Å². The molecule has 0 aliphatic rings. The van der Waals surface area contributed by atoms with Crippen molar-refractivity contribution in [3.8, 4) is 0 Å². The Morgan fingerprint density at radius 3 is 2.80 bits per heavy atom. The van der Waals surface area contributed by atoms with Crippen molar-refractivity contribution in [3.05, 3.63) is 45.5 Å². The smallest absolute Gasteiger partial charge is 0.152 e. The zero-order valence-electron chi connectivity index (χ0n) is 11.1. The van der Waals surface area contributed by atoms with Crippen LogP contribution < -0.4 is 5.32 Å². The van der Waals surface area contributed by atoms with Crippen LogP contribution in [0.3, 0.4) is 0 Å². The molecule has 0 spiro atoms. The molecule has 3 nitrogen and oxygen atoms in total. The average Bonchev–Trinajstić information content (AvgIpc) is 2.36. The molecule has 0 aliphatic carbocycles. The molecule has 0 atom stereocenters. The number of nitrogens with zero attached hydrogens (tertiary/aromatic N) is 2. The highest BCUT2D eigenvalue weighted by atomic mass is 79.9. The van der Waals surface area contributed by atoms with Gasteiger partial charge in [0.05, 0.1) is 16.9 Å². The van der Waals surface area contributed by atoms with Crippen LogP contribution in [-0.4, -0.2) is 9.97 Å². The summed E-state index contributed by atoms with van der Waals surface area (Å²) in [6.07, 6.45) is 2.39. The van der Waals surface area contributed by atoms with Gasteiger partial charge in [-0.05, 0) is 46.5 Å². The number of hydrogen-bond acceptors (Lipinski definition) is 3. The number of rotatable bonds is 4. The van der Waals surface area contributed by atoms with E-state index in [0.29, 0.717) is 22.0 Å². The van der Waals surface area contributed by atoms with Crippen LogP contribution in [0.5, 0.6) is 0 Å². The van der Waals surface area contributed by atoms with Gasteiger partial charge in [-0.25, -0.2) is 14.4 Å². The third kappa shape index (κ3) is 3.90. The van der Waals surface area contributed by atoms with Crippen LogP contribution in [0.1, 0.15) is 19.5 Å². The van der Waals surface area contributed by atoms with Gasteiger partial charge >= 0.3 is 0 Å². The Morgan fingerprint density at radius 1 is 1.40 bits per heavy atom. The van der Waals surface area contributed by atoms with Crippen LogP contribution in [0.15, 0.2) is 29.0 Å². The van der Waals surface area contributed by atoms with Crippen molar-refractivity contribution in [2.24, 2.45) is 5.92 Å². The molecule has 1 aromatic heterocycles. The standard InChI is InChI=1S/C14H14BrClFN3/c1-8(2)5-12-14(18-7-13(15)20-12)19-9-3-4-10(16)11(17)6-9/h3-4,6-8H,5H2,1-2H3,(H,18,19). The summed E-state index contributed by atoms with van der Waals surface area (Å²) in [6.45, 7) is 4.21.